The topological polar surface area (TPSA) is 25.8 Å². The van der Waals surface area contributed by atoms with E-state index in [-0.39, 0.29) is 5.52 Å². The Kier molecular flexibility index (Phi) is 1.73. The highest BCUT2D eigenvalue weighted by molar-refractivity contribution is 7.12. The van der Waals surface area contributed by atoms with Gasteiger partial charge in [-0.1, -0.05) is 10.6 Å². The average Bonchev–Trinajstić information content (AvgIpc) is 2.48. The standard InChI is InChI=1S/C7H3F3N2S/c8-7(9,10)4-2-1-3-5-6(4)11-12-13-5/h1-3H. The van der Waals surface area contributed by atoms with Crippen molar-refractivity contribution in [1.82, 2.24) is 9.59 Å². The molecule has 0 radical (unpaired) electrons. The second-order valence-corrected chi connectivity index (χ2v) is 3.21. The van der Waals surface area contributed by atoms with Gasteiger partial charge in [-0.15, -0.1) is 5.10 Å². The van der Waals surface area contributed by atoms with Crippen molar-refractivity contribution in [3.05, 3.63) is 23.8 Å². The second-order valence-electron chi connectivity index (χ2n) is 2.42. The summed E-state index contributed by atoms with van der Waals surface area (Å²) in [5.74, 6) is 0. The largest absolute Gasteiger partial charge is 0.418 e. The third kappa shape index (κ3) is 1.37. The van der Waals surface area contributed by atoms with Gasteiger partial charge in [0.05, 0.1) is 10.3 Å². The van der Waals surface area contributed by atoms with Gasteiger partial charge < -0.3 is 0 Å². The highest BCUT2D eigenvalue weighted by Gasteiger charge is 2.33. The lowest BCUT2D eigenvalue weighted by molar-refractivity contribution is -0.136. The third-order valence-corrected chi connectivity index (χ3v) is 2.27. The summed E-state index contributed by atoms with van der Waals surface area (Å²) in [6, 6.07) is 3.92. The molecule has 1 heterocycles. The molecule has 13 heavy (non-hydrogen) atoms. The Hall–Kier alpha value is -1.17. The predicted octanol–water partition coefficient (Wildman–Crippen LogP) is 2.71. The number of benzene rings is 1. The molecule has 0 aliphatic rings. The van der Waals surface area contributed by atoms with Gasteiger partial charge in [-0.05, 0) is 23.7 Å². The molecule has 0 bridgehead atoms. The van der Waals surface area contributed by atoms with E-state index in [1.807, 2.05) is 0 Å². The number of halogens is 3. The van der Waals surface area contributed by atoms with E-state index < -0.39 is 11.7 Å². The molecule has 0 spiro atoms. The molecule has 0 unspecified atom stereocenters. The second kappa shape index (κ2) is 2.66. The van der Waals surface area contributed by atoms with Crippen molar-refractivity contribution in [2.75, 3.05) is 0 Å². The zero-order valence-corrected chi connectivity index (χ0v) is 6.99. The number of fused-ring (bicyclic) bond motifs is 1. The van der Waals surface area contributed by atoms with Crippen LogP contribution in [-0.4, -0.2) is 9.59 Å². The van der Waals surface area contributed by atoms with E-state index in [4.69, 9.17) is 0 Å². The van der Waals surface area contributed by atoms with Crippen LogP contribution in [0.25, 0.3) is 10.2 Å². The molecule has 1 aromatic heterocycles. The zero-order chi connectivity index (χ0) is 9.47. The van der Waals surface area contributed by atoms with Crippen LogP contribution in [0.5, 0.6) is 0 Å². The molecule has 0 saturated heterocycles. The van der Waals surface area contributed by atoms with Crippen LogP contribution < -0.4 is 0 Å². The van der Waals surface area contributed by atoms with Crippen LogP contribution in [0.1, 0.15) is 5.56 Å². The van der Waals surface area contributed by atoms with Gasteiger partial charge in [0, 0.05) is 0 Å². The van der Waals surface area contributed by atoms with Gasteiger partial charge >= 0.3 is 6.18 Å². The van der Waals surface area contributed by atoms with E-state index in [0.717, 1.165) is 17.6 Å². The Balaban J connectivity index is 2.75. The first-order valence-electron chi connectivity index (χ1n) is 3.37. The molecule has 0 aliphatic heterocycles. The smallest absolute Gasteiger partial charge is 0.166 e. The molecular formula is C7H3F3N2S. The molecule has 68 valence electrons. The van der Waals surface area contributed by atoms with Crippen molar-refractivity contribution in [2.24, 2.45) is 0 Å². The number of nitrogens with zero attached hydrogens (tertiary/aromatic N) is 2. The molecule has 2 rings (SSSR count). The van der Waals surface area contributed by atoms with Crippen LogP contribution in [0.15, 0.2) is 18.2 Å². The van der Waals surface area contributed by atoms with E-state index in [2.05, 4.69) is 9.59 Å². The Morgan fingerprint density at radius 1 is 1.23 bits per heavy atom. The van der Waals surface area contributed by atoms with Crippen LogP contribution in [0.3, 0.4) is 0 Å². The van der Waals surface area contributed by atoms with E-state index >= 15 is 0 Å². The Morgan fingerprint density at radius 2 is 2.00 bits per heavy atom. The zero-order valence-electron chi connectivity index (χ0n) is 6.17. The first-order valence-corrected chi connectivity index (χ1v) is 4.14. The average molecular weight is 204 g/mol. The van der Waals surface area contributed by atoms with Crippen molar-refractivity contribution in [1.29, 1.82) is 0 Å². The summed E-state index contributed by atoms with van der Waals surface area (Å²) in [5.41, 5.74) is -0.793. The van der Waals surface area contributed by atoms with E-state index in [1.54, 1.807) is 6.07 Å². The Morgan fingerprint density at radius 3 is 2.69 bits per heavy atom. The fourth-order valence-electron chi connectivity index (χ4n) is 1.03. The van der Waals surface area contributed by atoms with Crippen molar-refractivity contribution in [2.45, 2.75) is 6.18 Å². The summed E-state index contributed by atoms with van der Waals surface area (Å²) in [6.07, 6.45) is -4.35. The SMILES string of the molecule is FC(F)(F)c1cccc2snnc12. The highest BCUT2D eigenvalue weighted by Crippen LogP contribution is 2.34. The van der Waals surface area contributed by atoms with Crippen LogP contribution in [0, 0.1) is 0 Å². The van der Waals surface area contributed by atoms with Gasteiger partial charge in [-0.25, -0.2) is 0 Å². The first kappa shape index (κ1) is 8.43. The lowest BCUT2D eigenvalue weighted by Gasteiger charge is -2.05. The predicted molar refractivity (Wildman–Crippen MR) is 42.4 cm³/mol. The Labute approximate surface area is 75.2 Å². The van der Waals surface area contributed by atoms with Gasteiger partial charge in [0.25, 0.3) is 0 Å². The van der Waals surface area contributed by atoms with Crippen molar-refractivity contribution < 1.29 is 13.2 Å². The fourth-order valence-corrected chi connectivity index (χ4v) is 1.62. The van der Waals surface area contributed by atoms with E-state index in [0.29, 0.717) is 4.70 Å². The maximum atomic E-state index is 12.3. The molecule has 0 N–H and O–H groups in total. The van der Waals surface area contributed by atoms with Crippen LogP contribution in [0.2, 0.25) is 0 Å². The normalized spacial score (nSPS) is 12.2. The van der Waals surface area contributed by atoms with Crippen molar-refractivity contribution >= 4 is 21.7 Å². The minimum Gasteiger partial charge on any atom is -0.166 e. The molecular weight excluding hydrogens is 201 g/mol. The van der Waals surface area contributed by atoms with Crippen molar-refractivity contribution in [3.63, 3.8) is 0 Å². The highest BCUT2D eigenvalue weighted by atomic mass is 32.1. The summed E-state index contributed by atoms with van der Waals surface area (Å²) in [5, 5.41) is 3.43. The number of hydrogen-bond acceptors (Lipinski definition) is 3. The molecule has 1 aromatic carbocycles. The number of hydrogen-bond donors (Lipinski definition) is 0. The van der Waals surface area contributed by atoms with Crippen molar-refractivity contribution in [3.8, 4) is 0 Å². The first-order chi connectivity index (χ1) is 6.09. The monoisotopic (exact) mass is 204 g/mol. The van der Waals surface area contributed by atoms with Crippen LogP contribution in [-0.2, 0) is 6.18 Å². The third-order valence-electron chi connectivity index (χ3n) is 1.58. The number of aromatic nitrogens is 2. The van der Waals surface area contributed by atoms with E-state index in [9.17, 15) is 13.2 Å². The summed E-state index contributed by atoms with van der Waals surface area (Å²) >= 11 is 0.956. The van der Waals surface area contributed by atoms with Gasteiger partial charge in [0.1, 0.15) is 5.52 Å². The molecule has 2 aromatic rings. The Bertz CT molecular complexity index is 434. The summed E-state index contributed by atoms with van der Waals surface area (Å²) in [4.78, 5) is 0. The molecule has 0 atom stereocenters. The minimum absolute atomic E-state index is 0.0694. The molecule has 0 aliphatic carbocycles. The summed E-state index contributed by atoms with van der Waals surface area (Å²) in [6.45, 7) is 0. The van der Waals surface area contributed by atoms with Gasteiger partial charge in [0.15, 0.2) is 0 Å². The molecule has 2 nitrogen and oxygen atoms in total. The number of alkyl halides is 3. The molecule has 0 amide bonds. The molecule has 0 fully saturated rings. The van der Waals surface area contributed by atoms with Gasteiger partial charge in [0.2, 0.25) is 0 Å². The fraction of sp³-hybridized carbons (Fsp3) is 0.143. The number of rotatable bonds is 0. The maximum absolute atomic E-state index is 12.3. The summed E-state index contributed by atoms with van der Waals surface area (Å²) < 4.78 is 40.9. The van der Waals surface area contributed by atoms with Gasteiger partial charge in [-0.3, -0.25) is 0 Å². The van der Waals surface area contributed by atoms with Crippen LogP contribution >= 0.6 is 11.5 Å². The molecule has 6 heteroatoms. The quantitative estimate of drug-likeness (QED) is 0.659. The maximum Gasteiger partial charge on any atom is 0.418 e. The lowest BCUT2D eigenvalue weighted by Crippen LogP contribution is -2.05. The lowest BCUT2D eigenvalue weighted by atomic mass is 10.2. The van der Waals surface area contributed by atoms with Crippen LogP contribution in [0.4, 0.5) is 13.2 Å². The van der Waals surface area contributed by atoms with Gasteiger partial charge in [-0.2, -0.15) is 13.2 Å². The molecule has 0 saturated carbocycles. The minimum atomic E-state index is -4.35. The summed E-state index contributed by atoms with van der Waals surface area (Å²) in [7, 11) is 0. The van der Waals surface area contributed by atoms with E-state index in [1.165, 1.54) is 6.07 Å².